The summed E-state index contributed by atoms with van der Waals surface area (Å²) in [4.78, 5) is 12.1. The highest BCUT2D eigenvalue weighted by Gasteiger charge is 1.95. The minimum Gasteiger partial charge on any atom is -0.481 e. The molecule has 0 aromatic carbocycles. The molecule has 0 bridgehead atoms. The van der Waals surface area contributed by atoms with Crippen LogP contribution in [0.25, 0.3) is 0 Å². The maximum Gasteiger partial charge on any atom is 0.303 e. The number of allylic oxidation sites excluding steroid dienone is 1. The first kappa shape index (κ1) is 13.7. The van der Waals surface area contributed by atoms with Crippen molar-refractivity contribution in [1.82, 2.24) is 0 Å². The zero-order valence-electron chi connectivity index (χ0n) is 8.54. The predicted octanol–water partition coefficient (Wildman–Crippen LogP) is 4.10. The van der Waals surface area contributed by atoms with Crippen LogP contribution in [0.3, 0.4) is 0 Å². The molecule has 0 aliphatic rings. The molecular formula is C11H19BrO2. The van der Waals surface area contributed by atoms with Crippen LogP contribution in [-0.4, -0.2) is 11.1 Å². The highest BCUT2D eigenvalue weighted by Crippen LogP contribution is 2.08. The summed E-state index contributed by atoms with van der Waals surface area (Å²) in [5.74, 6) is -0.674. The number of aliphatic carboxylic acids is 1. The van der Waals surface area contributed by atoms with Crippen molar-refractivity contribution in [2.75, 3.05) is 0 Å². The number of hydrogen-bond donors (Lipinski definition) is 1. The highest BCUT2D eigenvalue weighted by molar-refractivity contribution is 9.11. The van der Waals surface area contributed by atoms with Gasteiger partial charge in [-0.2, -0.15) is 0 Å². The van der Waals surface area contributed by atoms with E-state index in [0.29, 0.717) is 6.42 Å². The van der Waals surface area contributed by atoms with Crippen LogP contribution >= 0.6 is 15.9 Å². The maximum atomic E-state index is 10.2. The predicted molar refractivity (Wildman–Crippen MR) is 62.6 cm³/mol. The van der Waals surface area contributed by atoms with E-state index in [4.69, 9.17) is 5.11 Å². The van der Waals surface area contributed by atoms with E-state index in [9.17, 15) is 4.79 Å². The van der Waals surface area contributed by atoms with Gasteiger partial charge in [0, 0.05) is 6.42 Å². The molecule has 0 unspecified atom stereocenters. The third kappa shape index (κ3) is 11.7. The lowest BCUT2D eigenvalue weighted by molar-refractivity contribution is -0.137. The summed E-state index contributed by atoms with van der Waals surface area (Å²) >= 11 is 3.23. The average molecular weight is 263 g/mol. The van der Waals surface area contributed by atoms with Gasteiger partial charge in [0.1, 0.15) is 0 Å². The smallest absolute Gasteiger partial charge is 0.303 e. The lowest BCUT2D eigenvalue weighted by Crippen LogP contribution is -1.93. The van der Waals surface area contributed by atoms with Crippen molar-refractivity contribution in [1.29, 1.82) is 0 Å². The van der Waals surface area contributed by atoms with E-state index in [1.807, 2.05) is 4.99 Å². The van der Waals surface area contributed by atoms with E-state index in [0.717, 1.165) is 19.3 Å². The minimum atomic E-state index is -0.674. The Morgan fingerprint density at radius 2 is 1.64 bits per heavy atom. The van der Waals surface area contributed by atoms with Crippen molar-refractivity contribution in [3.8, 4) is 0 Å². The second-order valence-corrected chi connectivity index (χ2v) is 3.94. The van der Waals surface area contributed by atoms with Crippen LogP contribution in [0.1, 0.15) is 51.4 Å². The Labute approximate surface area is 94.5 Å². The van der Waals surface area contributed by atoms with Gasteiger partial charge in [-0.15, -0.1) is 0 Å². The molecule has 0 amide bonds. The van der Waals surface area contributed by atoms with E-state index in [-0.39, 0.29) is 0 Å². The van der Waals surface area contributed by atoms with Crippen molar-refractivity contribution in [2.45, 2.75) is 51.4 Å². The Bertz CT molecular complexity index is 167. The van der Waals surface area contributed by atoms with Gasteiger partial charge in [0.05, 0.1) is 0 Å². The van der Waals surface area contributed by atoms with Crippen LogP contribution in [0.4, 0.5) is 0 Å². The molecule has 0 aromatic rings. The molecule has 2 nitrogen and oxygen atoms in total. The van der Waals surface area contributed by atoms with E-state index in [2.05, 4.69) is 22.0 Å². The SMILES string of the molecule is O=C(O)CCCCCCCCC=CBr. The van der Waals surface area contributed by atoms with Crippen LogP contribution in [0.5, 0.6) is 0 Å². The van der Waals surface area contributed by atoms with Crippen molar-refractivity contribution in [3.63, 3.8) is 0 Å². The maximum absolute atomic E-state index is 10.2. The Hall–Kier alpha value is -0.310. The van der Waals surface area contributed by atoms with E-state index in [1.165, 1.54) is 25.7 Å². The Kier molecular flexibility index (Phi) is 10.5. The van der Waals surface area contributed by atoms with Crippen LogP contribution in [0.15, 0.2) is 11.1 Å². The van der Waals surface area contributed by atoms with Gasteiger partial charge in [-0.3, -0.25) is 4.79 Å². The number of unbranched alkanes of at least 4 members (excludes halogenated alkanes) is 6. The summed E-state index contributed by atoms with van der Waals surface area (Å²) in [5, 5.41) is 8.40. The third-order valence-corrected chi connectivity index (χ3v) is 2.47. The molecule has 0 saturated heterocycles. The van der Waals surface area contributed by atoms with Gasteiger partial charge in [-0.05, 0) is 24.2 Å². The third-order valence-electron chi connectivity index (χ3n) is 2.10. The van der Waals surface area contributed by atoms with Crippen LogP contribution in [0.2, 0.25) is 0 Å². The lowest BCUT2D eigenvalue weighted by atomic mass is 10.1. The van der Waals surface area contributed by atoms with Crippen LogP contribution in [-0.2, 0) is 4.79 Å². The quantitative estimate of drug-likeness (QED) is 0.636. The van der Waals surface area contributed by atoms with E-state index in [1.54, 1.807) is 0 Å². The zero-order valence-corrected chi connectivity index (χ0v) is 10.1. The number of carboxylic acid groups (broad SMARTS) is 1. The second kappa shape index (κ2) is 10.8. The van der Waals surface area contributed by atoms with Crippen LogP contribution in [0, 0.1) is 0 Å². The van der Waals surface area contributed by atoms with Gasteiger partial charge in [0.15, 0.2) is 0 Å². The number of carbonyl (C=O) groups is 1. The summed E-state index contributed by atoms with van der Waals surface area (Å²) in [7, 11) is 0. The molecule has 3 heteroatoms. The normalized spacial score (nSPS) is 10.9. The Balaban J connectivity index is 2.95. The van der Waals surface area contributed by atoms with E-state index < -0.39 is 5.97 Å². The summed E-state index contributed by atoms with van der Waals surface area (Å²) in [6, 6.07) is 0. The fourth-order valence-corrected chi connectivity index (χ4v) is 1.57. The molecule has 1 N–H and O–H groups in total. The fourth-order valence-electron chi connectivity index (χ4n) is 1.31. The van der Waals surface area contributed by atoms with Crippen LogP contribution < -0.4 is 0 Å². The topological polar surface area (TPSA) is 37.3 Å². The van der Waals surface area contributed by atoms with Gasteiger partial charge in [0.2, 0.25) is 0 Å². The summed E-state index contributed by atoms with van der Waals surface area (Å²) in [6.07, 6.45) is 10.4. The molecule has 0 spiro atoms. The molecule has 0 fully saturated rings. The number of rotatable bonds is 9. The van der Waals surface area contributed by atoms with Gasteiger partial charge in [0.25, 0.3) is 0 Å². The highest BCUT2D eigenvalue weighted by atomic mass is 79.9. The van der Waals surface area contributed by atoms with E-state index >= 15 is 0 Å². The molecule has 0 aliphatic heterocycles. The second-order valence-electron chi connectivity index (χ2n) is 3.42. The minimum absolute atomic E-state index is 0.326. The number of carboxylic acids is 1. The van der Waals surface area contributed by atoms with Crippen molar-refractivity contribution >= 4 is 21.9 Å². The van der Waals surface area contributed by atoms with Crippen molar-refractivity contribution in [3.05, 3.63) is 11.1 Å². The molecule has 14 heavy (non-hydrogen) atoms. The fraction of sp³-hybridized carbons (Fsp3) is 0.727. The molecule has 0 aliphatic carbocycles. The summed E-state index contributed by atoms with van der Waals surface area (Å²) < 4.78 is 0. The first-order chi connectivity index (χ1) is 6.77. The average Bonchev–Trinajstić information content (AvgIpc) is 2.15. The Morgan fingerprint density at radius 1 is 1.07 bits per heavy atom. The largest absolute Gasteiger partial charge is 0.481 e. The first-order valence-corrected chi connectivity index (χ1v) is 6.16. The van der Waals surface area contributed by atoms with Crippen molar-refractivity contribution < 1.29 is 9.90 Å². The van der Waals surface area contributed by atoms with Gasteiger partial charge in [-0.25, -0.2) is 0 Å². The monoisotopic (exact) mass is 262 g/mol. The summed E-state index contributed by atoms with van der Waals surface area (Å²) in [5.41, 5.74) is 0. The molecule has 0 radical (unpaired) electrons. The van der Waals surface area contributed by atoms with Gasteiger partial charge in [-0.1, -0.05) is 47.7 Å². The molecule has 0 aromatic heterocycles. The Morgan fingerprint density at radius 3 is 2.21 bits per heavy atom. The molecule has 0 atom stereocenters. The molecule has 0 heterocycles. The molecule has 0 rings (SSSR count). The first-order valence-electron chi connectivity index (χ1n) is 5.24. The number of halogens is 1. The molecular weight excluding hydrogens is 244 g/mol. The zero-order chi connectivity index (χ0) is 10.6. The summed E-state index contributed by atoms with van der Waals surface area (Å²) in [6.45, 7) is 0. The number of hydrogen-bond acceptors (Lipinski definition) is 1. The molecule has 0 saturated carbocycles. The molecule has 82 valence electrons. The lowest BCUT2D eigenvalue weighted by Gasteiger charge is -1.98. The van der Waals surface area contributed by atoms with Crippen molar-refractivity contribution in [2.24, 2.45) is 0 Å². The van der Waals surface area contributed by atoms with Gasteiger partial charge >= 0.3 is 5.97 Å². The standard InChI is InChI=1S/C11H19BrO2/c12-10-8-6-4-2-1-3-5-7-9-11(13)14/h8,10H,1-7,9H2,(H,13,14). The van der Waals surface area contributed by atoms with Gasteiger partial charge < -0.3 is 5.11 Å².